The van der Waals surface area contributed by atoms with Crippen molar-refractivity contribution in [2.45, 2.75) is 84.1 Å². The number of Topliss-reactive ketones (excluding diaryl/α,β-unsaturated/α-hetero) is 2. The van der Waals surface area contributed by atoms with Crippen LogP contribution in [-0.4, -0.2) is 109 Å². The average molecular weight is 689 g/mol. The summed E-state index contributed by atoms with van der Waals surface area (Å²) in [4.78, 5) is 68.6. The molecular formula is C33H45F5N4O6. The number of benzene rings is 1. The Morgan fingerprint density at radius 3 is 1.94 bits per heavy atom. The molecule has 0 saturated carbocycles. The summed E-state index contributed by atoms with van der Waals surface area (Å²) in [7, 11) is 0. The Bertz CT molecular complexity index is 1310. The molecule has 1 unspecified atom stereocenters. The van der Waals surface area contributed by atoms with Gasteiger partial charge in [-0.3, -0.25) is 28.9 Å². The molecule has 2 aliphatic heterocycles. The van der Waals surface area contributed by atoms with Gasteiger partial charge in [0.1, 0.15) is 12.1 Å². The van der Waals surface area contributed by atoms with Crippen LogP contribution in [0.25, 0.3) is 0 Å². The fraction of sp³-hybridized carbons (Fsp3) is 0.667. The van der Waals surface area contributed by atoms with Gasteiger partial charge in [-0.1, -0.05) is 46.8 Å². The second kappa shape index (κ2) is 16.3. The van der Waals surface area contributed by atoms with Crippen molar-refractivity contribution >= 4 is 29.3 Å². The Morgan fingerprint density at radius 1 is 0.833 bits per heavy atom. The van der Waals surface area contributed by atoms with Crippen LogP contribution < -0.4 is 10.6 Å². The lowest BCUT2D eigenvalue weighted by molar-refractivity contribution is -0.270. The van der Waals surface area contributed by atoms with E-state index in [1.54, 1.807) is 26.0 Å². The number of ether oxygens (including phenoxy) is 1. The summed E-state index contributed by atoms with van der Waals surface area (Å²) in [5.41, 5.74) is 0.625. The predicted molar refractivity (Wildman–Crippen MR) is 165 cm³/mol. The van der Waals surface area contributed by atoms with E-state index in [0.717, 1.165) is 24.5 Å². The molecular weight excluding hydrogens is 643 g/mol. The maximum Gasteiger partial charge on any atom is 0.461 e. The van der Waals surface area contributed by atoms with Gasteiger partial charge < -0.3 is 20.3 Å². The highest BCUT2D eigenvalue weighted by Crippen LogP contribution is 2.37. The van der Waals surface area contributed by atoms with Gasteiger partial charge in [-0.25, -0.2) is 0 Å². The molecule has 4 atom stereocenters. The predicted octanol–water partition coefficient (Wildman–Crippen LogP) is 3.88. The van der Waals surface area contributed by atoms with Crippen LogP contribution in [0.4, 0.5) is 22.0 Å². The molecule has 15 heteroatoms. The Labute approximate surface area is 277 Å². The van der Waals surface area contributed by atoms with E-state index in [1.807, 2.05) is 12.2 Å². The number of ketones is 2. The molecule has 3 rings (SSSR count). The number of alkyl halides is 5. The summed E-state index contributed by atoms with van der Waals surface area (Å²) in [6, 6.07) is 1.52. The third-order valence-corrected chi connectivity index (χ3v) is 8.83. The van der Waals surface area contributed by atoms with E-state index in [1.165, 1.54) is 26.0 Å². The van der Waals surface area contributed by atoms with Gasteiger partial charge in [-0.15, -0.1) is 0 Å². The van der Waals surface area contributed by atoms with E-state index < -0.39 is 65.6 Å². The van der Waals surface area contributed by atoms with Crippen molar-refractivity contribution in [1.82, 2.24) is 20.4 Å². The smallest absolute Gasteiger partial charge is 0.379 e. The SMILES string of the molecule is CC(CCN1CCOCC1)C(=O)c1ccc(C(=O)N[C@H](C(=O)N2CCC[C@H]2C(=O)N[C@H](C(=O)C(F)(F)C(F)(F)F)C(C)C)C(C)C)cc1. The lowest BCUT2D eigenvalue weighted by Gasteiger charge is -2.32. The summed E-state index contributed by atoms with van der Waals surface area (Å²) in [6.45, 7) is 11.4. The first-order valence-corrected chi connectivity index (χ1v) is 16.2. The quantitative estimate of drug-likeness (QED) is 0.225. The number of nitrogens with one attached hydrogen (secondary N) is 2. The number of amides is 3. The van der Waals surface area contributed by atoms with E-state index in [0.29, 0.717) is 31.6 Å². The van der Waals surface area contributed by atoms with Crippen molar-refractivity contribution in [3.05, 3.63) is 35.4 Å². The van der Waals surface area contributed by atoms with E-state index >= 15 is 0 Å². The number of carbonyl (C=O) groups excluding carboxylic acids is 5. The molecule has 1 aromatic carbocycles. The number of hydrogen-bond donors (Lipinski definition) is 2. The summed E-state index contributed by atoms with van der Waals surface area (Å²) in [6.07, 6.45) is -5.08. The van der Waals surface area contributed by atoms with E-state index in [4.69, 9.17) is 4.74 Å². The van der Waals surface area contributed by atoms with Crippen LogP contribution in [0.15, 0.2) is 24.3 Å². The standard InChI is InChI=1S/C33H45F5N4O6/c1-19(2)25(28(44)32(34,35)33(36,37)38)39-30(46)24-7-6-13-42(24)31(47)26(20(3)4)40-29(45)23-10-8-22(9-11-23)27(43)21(5)12-14-41-15-17-48-18-16-41/h8-11,19-21,24-26H,6-7,12-18H2,1-5H3,(H,39,46)(H,40,45)/t21?,24-,25-,26-/m0/s1. The highest BCUT2D eigenvalue weighted by molar-refractivity contribution is 6.01. The zero-order valence-corrected chi connectivity index (χ0v) is 27.9. The molecule has 0 bridgehead atoms. The van der Waals surface area contributed by atoms with Crippen molar-refractivity contribution < 1.29 is 50.7 Å². The molecule has 48 heavy (non-hydrogen) atoms. The van der Waals surface area contributed by atoms with E-state index in [2.05, 4.69) is 10.2 Å². The van der Waals surface area contributed by atoms with Crippen molar-refractivity contribution in [3.63, 3.8) is 0 Å². The van der Waals surface area contributed by atoms with Crippen LogP contribution in [0.1, 0.15) is 74.6 Å². The number of halogens is 5. The topological polar surface area (TPSA) is 125 Å². The molecule has 2 saturated heterocycles. The summed E-state index contributed by atoms with van der Waals surface area (Å²) < 4.78 is 71.7. The molecule has 2 heterocycles. The number of rotatable bonds is 14. The van der Waals surface area contributed by atoms with Gasteiger partial charge in [0, 0.05) is 36.7 Å². The van der Waals surface area contributed by atoms with Crippen molar-refractivity contribution in [2.75, 3.05) is 39.4 Å². The molecule has 1 aromatic rings. The molecule has 0 aromatic heterocycles. The lowest BCUT2D eigenvalue weighted by Crippen LogP contribution is -2.60. The number of hydrogen-bond acceptors (Lipinski definition) is 7. The Balaban J connectivity index is 1.66. The second-order valence-electron chi connectivity index (χ2n) is 13.1. The van der Waals surface area contributed by atoms with Crippen molar-refractivity contribution in [3.8, 4) is 0 Å². The van der Waals surface area contributed by atoms with Crippen LogP contribution in [0, 0.1) is 17.8 Å². The van der Waals surface area contributed by atoms with Crippen LogP contribution in [0.5, 0.6) is 0 Å². The number of likely N-dealkylation sites (tertiary alicyclic amines) is 1. The molecule has 268 valence electrons. The molecule has 3 amide bonds. The summed E-state index contributed by atoms with van der Waals surface area (Å²) >= 11 is 0. The molecule has 2 aliphatic rings. The van der Waals surface area contributed by atoms with Crippen molar-refractivity contribution in [1.29, 1.82) is 0 Å². The van der Waals surface area contributed by atoms with Crippen LogP contribution in [0.2, 0.25) is 0 Å². The van der Waals surface area contributed by atoms with Gasteiger partial charge >= 0.3 is 12.1 Å². The summed E-state index contributed by atoms with van der Waals surface area (Å²) in [5, 5.41) is 4.69. The fourth-order valence-electron chi connectivity index (χ4n) is 5.74. The normalized spacial score (nSPS) is 19.6. The maximum atomic E-state index is 13.9. The molecule has 0 aliphatic carbocycles. The van der Waals surface area contributed by atoms with Crippen LogP contribution >= 0.6 is 0 Å². The minimum Gasteiger partial charge on any atom is -0.379 e. The highest BCUT2D eigenvalue weighted by atomic mass is 19.4. The van der Waals surface area contributed by atoms with Gasteiger partial charge in [0.15, 0.2) is 5.78 Å². The second-order valence-corrected chi connectivity index (χ2v) is 13.1. The Hall–Kier alpha value is -3.46. The van der Waals surface area contributed by atoms with Gasteiger partial charge in [-0.2, -0.15) is 22.0 Å². The largest absolute Gasteiger partial charge is 0.461 e. The van der Waals surface area contributed by atoms with Crippen LogP contribution in [-0.2, 0) is 19.1 Å². The van der Waals surface area contributed by atoms with Crippen molar-refractivity contribution in [2.24, 2.45) is 17.8 Å². The first-order valence-electron chi connectivity index (χ1n) is 16.2. The van der Waals surface area contributed by atoms with Gasteiger partial charge in [-0.05, 0) is 49.8 Å². The summed E-state index contributed by atoms with van der Waals surface area (Å²) in [5.74, 6) is -12.3. The van der Waals surface area contributed by atoms with Gasteiger partial charge in [0.2, 0.25) is 17.6 Å². The first-order chi connectivity index (χ1) is 22.4. The minimum atomic E-state index is -6.14. The molecule has 10 nitrogen and oxygen atoms in total. The Morgan fingerprint density at radius 2 is 1.40 bits per heavy atom. The van der Waals surface area contributed by atoms with E-state index in [-0.39, 0.29) is 30.2 Å². The maximum absolute atomic E-state index is 13.9. The highest BCUT2D eigenvalue weighted by Gasteiger charge is 2.65. The number of carbonyl (C=O) groups is 5. The molecule has 0 spiro atoms. The number of nitrogens with zero attached hydrogens (tertiary/aromatic N) is 2. The molecule has 2 fully saturated rings. The monoisotopic (exact) mass is 688 g/mol. The lowest BCUT2D eigenvalue weighted by atomic mass is 9.94. The van der Waals surface area contributed by atoms with Crippen LogP contribution in [0.3, 0.4) is 0 Å². The Kier molecular flexibility index (Phi) is 13.2. The zero-order valence-electron chi connectivity index (χ0n) is 27.9. The van der Waals surface area contributed by atoms with Gasteiger partial charge in [0.25, 0.3) is 5.91 Å². The molecule has 0 radical (unpaired) electrons. The average Bonchev–Trinajstić information content (AvgIpc) is 3.54. The third-order valence-electron chi connectivity index (χ3n) is 8.83. The zero-order chi connectivity index (χ0) is 36.0. The number of morpholine rings is 1. The fourth-order valence-corrected chi connectivity index (χ4v) is 5.74. The molecule has 2 N–H and O–H groups in total. The first kappa shape index (κ1) is 39.0. The van der Waals surface area contributed by atoms with Gasteiger partial charge in [0.05, 0.1) is 19.3 Å². The van der Waals surface area contributed by atoms with E-state index in [9.17, 15) is 45.9 Å². The minimum absolute atomic E-state index is 0.0627. The third kappa shape index (κ3) is 9.36.